The van der Waals surface area contributed by atoms with Crippen molar-refractivity contribution in [1.29, 1.82) is 0 Å². The van der Waals surface area contributed by atoms with Crippen molar-refractivity contribution in [2.45, 2.75) is 20.4 Å². The monoisotopic (exact) mass is 244 g/mol. The van der Waals surface area contributed by atoms with Crippen LogP contribution < -0.4 is 11.1 Å². The van der Waals surface area contributed by atoms with Crippen LogP contribution in [-0.4, -0.2) is 15.7 Å². The van der Waals surface area contributed by atoms with Crippen LogP contribution in [0.5, 0.6) is 0 Å². The molecule has 1 aromatic heterocycles. The zero-order chi connectivity index (χ0) is 13.1. The first kappa shape index (κ1) is 12.2. The number of hydrogen-bond acceptors (Lipinski definition) is 3. The third kappa shape index (κ3) is 2.88. The second-order valence-electron chi connectivity index (χ2n) is 4.29. The second-order valence-corrected chi connectivity index (χ2v) is 4.29. The largest absolute Gasteiger partial charge is 0.382 e. The lowest BCUT2D eigenvalue weighted by Gasteiger charge is -2.07. The number of benzene rings is 1. The topological polar surface area (TPSA) is 72.9 Å². The van der Waals surface area contributed by atoms with E-state index in [0.717, 1.165) is 11.3 Å². The Labute approximate surface area is 106 Å². The van der Waals surface area contributed by atoms with Gasteiger partial charge in [-0.05, 0) is 43.2 Å². The zero-order valence-corrected chi connectivity index (χ0v) is 10.5. The molecule has 0 spiro atoms. The summed E-state index contributed by atoms with van der Waals surface area (Å²) in [4.78, 5) is 11.8. The van der Waals surface area contributed by atoms with Crippen LogP contribution in [0.4, 0.5) is 11.5 Å². The summed E-state index contributed by atoms with van der Waals surface area (Å²) in [6, 6.07) is 7.47. The average Bonchev–Trinajstić information content (AvgIpc) is 2.69. The van der Waals surface area contributed by atoms with Crippen molar-refractivity contribution in [3.05, 3.63) is 41.6 Å². The van der Waals surface area contributed by atoms with Crippen molar-refractivity contribution in [2.75, 3.05) is 11.1 Å². The van der Waals surface area contributed by atoms with Crippen LogP contribution in [0.15, 0.2) is 30.5 Å². The van der Waals surface area contributed by atoms with Gasteiger partial charge >= 0.3 is 0 Å². The molecule has 2 rings (SSSR count). The number of amides is 1. The number of nitrogens with one attached hydrogen (secondary N) is 1. The number of nitrogens with zero attached hydrogens (tertiary/aromatic N) is 2. The standard InChI is InChI=1S/C13H16N4O/c1-9-3-4-11(7-10(9)2)15-13(18)8-17-6-5-12(14)16-17/h3-7H,8H2,1-2H3,(H2,14,16)(H,15,18). The van der Waals surface area contributed by atoms with Gasteiger partial charge in [0.25, 0.3) is 0 Å². The highest BCUT2D eigenvalue weighted by molar-refractivity contribution is 5.90. The van der Waals surface area contributed by atoms with Crippen LogP contribution in [0, 0.1) is 13.8 Å². The molecule has 0 saturated carbocycles. The molecule has 1 amide bonds. The predicted octanol–water partition coefficient (Wildman–Crippen LogP) is 1.72. The van der Waals surface area contributed by atoms with E-state index in [0.29, 0.717) is 5.82 Å². The number of nitrogen functional groups attached to an aromatic ring is 1. The summed E-state index contributed by atoms with van der Waals surface area (Å²) < 4.78 is 1.51. The fourth-order valence-corrected chi connectivity index (χ4v) is 1.63. The Morgan fingerprint density at radius 1 is 1.33 bits per heavy atom. The highest BCUT2D eigenvalue weighted by Gasteiger charge is 2.05. The van der Waals surface area contributed by atoms with E-state index in [1.807, 2.05) is 32.0 Å². The predicted molar refractivity (Wildman–Crippen MR) is 71.2 cm³/mol. The molecule has 94 valence electrons. The van der Waals surface area contributed by atoms with Crippen molar-refractivity contribution in [3.8, 4) is 0 Å². The van der Waals surface area contributed by atoms with Crippen LogP contribution in [0.1, 0.15) is 11.1 Å². The molecule has 0 radical (unpaired) electrons. The summed E-state index contributed by atoms with van der Waals surface area (Å²) in [6.07, 6.45) is 1.68. The minimum absolute atomic E-state index is 0.124. The molecule has 0 unspecified atom stereocenters. The zero-order valence-electron chi connectivity index (χ0n) is 10.5. The minimum atomic E-state index is -0.124. The molecule has 0 bridgehead atoms. The van der Waals surface area contributed by atoms with E-state index in [1.165, 1.54) is 10.2 Å². The van der Waals surface area contributed by atoms with Crippen LogP contribution in [0.3, 0.4) is 0 Å². The summed E-state index contributed by atoms with van der Waals surface area (Å²) in [7, 11) is 0. The highest BCUT2D eigenvalue weighted by Crippen LogP contribution is 2.14. The summed E-state index contributed by atoms with van der Waals surface area (Å²) in [5.74, 6) is 0.287. The molecule has 0 fully saturated rings. The number of rotatable bonds is 3. The van der Waals surface area contributed by atoms with Gasteiger partial charge in [-0.3, -0.25) is 9.48 Å². The Bertz CT molecular complexity index is 574. The van der Waals surface area contributed by atoms with E-state index in [-0.39, 0.29) is 12.5 Å². The molecule has 1 heterocycles. The van der Waals surface area contributed by atoms with Crippen LogP contribution in [0.25, 0.3) is 0 Å². The maximum absolute atomic E-state index is 11.8. The smallest absolute Gasteiger partial charge is 0.246 e. The fraction of sp³-hybridized carbons (Fsp3) is 0.231. The molecule has 5 nitrogen and oxygen atoms in total. The summed E-state index contributed by atoms with van der Waals surface area (Å²) >= 11 is 0. The number of hydrogen-bond donors (Lipinski definition) is 2. The van der Waals surface area contributed by atoms with Crippen LogP contribution in [-0.2, 0) is 11.3 Å². The Balaban J connectivity index is 2.00. The van der Waals surface area contributed by atoms with Gasteiger partial charge < -0.3 is 11.1 Å². The van der Waals surface area contributed by atoms with Gasteiger partial charge in [-0.2, -0.15) is 5.10 Å². The fourth-order valence-electron chi connectivity index (χ4n) is 1.63. The van der Waals surface area contributed by atoms with E-state index in [1.54, 1.807) is 12.3 Å². The molecule has 5 heteroatoms. The van der Waals surface area contributed by atoms with Crippen molar-refractivity contribution in [2.24, 2.45) is 0 Å². The van der Waals surface area contributed by atoms with Gasteiger partial charge in [-0.15, -0.1) is 0 Å². The van der Waals surface area contributed by atoms with E-state index in [2.05, 4.69) is 10.4 Å². The molecule has 2 aromatic rings. The van der Waals surface area contributed by atoms with Gasteiger partial charge in [-0.1, -0.05) is 6.07 Å². The van der Waals surface area contributed by atoms with E-state index in [9.17, 15) is 4.79 Å². The summed E-state index contributed by atoms with van der Waals surface area (Å²) in [6.45, 7) is 4.21. The quantitative estimate of drug-likeness (QED) is 0.863. The maximum atomic E-state index is 11.8. The number of anilines is 2. The molecule has 0 saturated heterocycles. The number of aromatic nitrogens is 2. The first-order chi connectivity index (χ1) is 8.54. The van der Waals surface area contributed by atoms with Crippen molar-refractivity contribution < 1.29 is 4.79 Å². The van der Waals surface area contributed by atoms with Gasteiger partial charge in [-0.25, -0.2) is 0 Å². The van der Waals surface area contributed by atoms with E-state index in [4.69, 9.17) is 5.73 Å². The SMILES string of the molecule is Cc1ccc(NC(=O)Cn2ccc(N)n2)cc1C. The molecular weight excluding hydrogens is 228 g/mol. The Kier molecular flexibility index (Phi) is 3.32. The van der Waals surface area contributed by atoms with Crippen LogP contribution >= 0.6 is 0 Å². The molecule has 0 atom stereocenters. The van der Waals surface area contributed by atoms with Gasteiger partial charge in [0.05, 0.1) is 0 Å². The molecule has 1 aromatic carbocycles. The van der Waals surface area contributed by atoms with E-state index < -0.39 is 0 Å². The van der Waals surface area contributed by atoms with Crippen LogP contribution in [0.2, 0.25) is 0 Å². The van der Waals surface area contributed by atoms with E-state index >= 15 is 0 Å². The third-order valence-corrected chi connectivity index (χ3v) is 2.76. The molecule has 0 aliphatic heterocycles. The summed E-state index contributed by atoms with van der Waals surface area (Å²) in [5, 5.41) is 6.78. The number of carbonyl (C=O) groups excluding carboxylic acids is 1. The van der Waals surface area contributed by atoms with Crippen molar-refractivity contribution in [3.63, 3.8) is 0 Å². The maximum Gasteiger partial charge on any atom is 0.246 e. The molecule has 0 aliphatic carbocycles. The Morgan fingerprint density at radius 3 is 2.72 bits per heavy atom. The second kappa shape index (κ2) is 4.91. The van der Waals surface area contributed by atoms with Gasteiger partial charge in [0.15, 0.2) is 0 Å². The number of aryl methyl sites for hydroxylation is 2. The third-order valence-electron chi connectivity index (χ3n) is 2.76. The average molecular weight is 244 g/mol. The Morgan fingerprint density at radius 2 is 2.11 bits per heavy atom. The lowest BCUT2D eigenvalue weighted by molar-refractivity contribution is -0.116. The number of carbonyl (C=O) groups is 1. The Hall–Kier alpha value is -2.30. The highest BCUT2D eigenvalue weighted by atomic mass is 16.2. The molecule has 3 N–H and O–H groups in total. The molecular formula is C13H16N4O. The molecule has 0 aliphatic rings. The van der Waals surface area contributed by atoms with Gasteiger partial charge in [0, 0.05) is 11.9 Å². The van der Waals surface area contributed by atoms with Crippen molar-refractivity contribution >= 4 is 17.4 Å². The normalized spacial score (nSPS) is 10.3. The number of nitrogens with two attached hydrogens (primary N) is 1. The lowest BCUT2D eigenvalue weighted by atomic mass is 10.1. The van der Waals surface area contributed by atoms with Gasteiger partial charge in [0.1, 0.15) is 12.4 Å². The first-order valence-electron chi connectivity index (χ1n) is 5.70. The van der Waals surface area contributed by atoms with Crippen molar-refractivity contribution in [1.82, 2.24) is 9.78 Å². The van der Waals surface area contributed by atoms with Gasteiger partial charge in [0.2, 0.25) is 5.91 Å². The molecule has 18 heavy (non-hydrogen) atoms. The summed E-state index contributed by atoms with van der Waals surface area (Å²) in [5.41, 5.74) is 8.63. The minimum Gasteiger partial charge on any atom is -0.382 e. The lowest BCUT2D eigenvalue weighted by Crippen LogP contribution is -2.19. The first-order valence-corrected chi connectivity index (χ1v) is 5.70.